The Labute approximate surface area is 196 Å². The lowest BCUT2D eigenvalue weighted by Gasteiger charge is -2.21. The van der Waals surface area contributed by atoms with Gasteiger partial charge in [0, 0.05) is 17.7 Å². The zero-order chi connectivity index (χ0) is 24.6. The number of ether oxygens (including phenoxy) is 1. The van der Waals surface area contributed by atoms with Crippen molar-refractivity contribution in [2.24, 2.45) is 5.10 Å². The van der Waals surface area contributed by atoms with Crippen LogP contribution in [-0.2, 0) is 21.4 Å². The highest BCUT2D eigenvalue weighted by molar-refractivity contribution is 7.92. The van der Waals surface area contributed by atoms with Gasteiger partial charge in [0.1, 0.15) is 18.9 Å². The number of anilines is 1. The van der Waals surface area contributed by atoms with E-state index in [1.807, 2.05) is 30.3 Å². The number of para-hydroxylation sites is 1. The highest BCUT2D eigenvalue weighted by Gasteiger charge is 2.22. The number of amides is 1. The minimum atomic E-state index is -3.90. The largest absolute Gasteiger partial charge is 0.488 e. The average molecular weight is 483 g/mol. The van der Waals surface area contributed by atoms with Crippen molar-refractivity contribution in [1.29, 1.82) is 0 Å². The molecule has 10 nitrogen and oxygen atoms in total. The van der Waals surface area contributed by atoms with Crippen molar-refractivity contribution in [2.75, 3.05) is 17.1 Å². The van der Waals surface area contributed by atoms with Crippen LogP contribution in [0.3, 0.4) is 0 Å². The van der Waals surface area contributed by atoms with E-state index in [9.17, 15) is 23.3 Å². The molecule has 11 heteroatoms. The van der Waals surface area contributed by atoms with Crippen LogP contribution in [0.2, 0.25) is 0 Å². The maximum absolute atomic E-state index is 12.4. The Kier molecular flexibility index (Phi) is 7.93. The maximum atomic E-state index is 12.4. The number of carbonyl (C=O) groups is 1. The van der Waals surface area contributed by atoms with Gasteiger partial charge in [-0.3, -0.25) is 19.2 Å². The third kappa shape index (κ3) is 6.87. The van der Waals surface area contributed by atoms with Gasteiger partial charge in [0.15, 0.2) is 0 Å². The number of nitrogens with one attached hydrogen (secondary N) is 1. The van der Waals surface area contributed by atoms with Gasteiger partial charge in [-0.1, -0.05) is 48.5 Å². The van der Waals surface area contributed by atoms with Crippen LogP contribution < -0.4 is 14.5 Å². The topological polar surface area (TPSA) is 131 Å². The fourth-order valence-corrected chi connectivity index (χ4v) is 3.80. The molecule has 0 bridgehead atoms. The van der Waals surface area contributed by atoms with E-state index in [-0.39, 0.29) is 11.4 Å². The molecule has 3 aromatic carbocycles. The Bertz CT molecular complexity index is 1300. The number of carbonyl (C=O) groups excluding carboxylic acids is 1. The van der Waals surface area contributed by atoms with Crippen molar-refractivity contribution >= 4 is 33.5 Å². The number of rotatable bonds is 10. The molecule has 3 aromatic rings. The highest BCUT2D eigenvalue weighted by Crippen LogP contribution is 2.23. The van der Waals surface area contributed by atoms with Gasteiger partial charge >= 0.3 is 0 Å². The van der Waals surface area contributed by atoms with E-state index in [0.717, 1.165) is 22.2 Å². The van der Waals surface area contributed by atoms with Crippen LogP contribution in [0.15, 0.2) is 84.0 Å². The van der Waals surface area contributed by atoms with E-state index in [2.05, 4.69) is 10.5 Å². The monoisotopic (exact) mass is 482 g/mol. The van der Waals surface area contributed by atoms with Gasteiger partial charge < -0.3 is 4.74 Å². The van der Waals surface area contributed by atoms with Gasteiger partial charge in [-0.2, -0.15) is 5.10 Å². The zero-order valence-electron chi connectivity index (χ0n) is 18.2. The molecule has 0 heterocycles. The number of sulfonamides is 1. The highest BCUT2D eigenvalue weighted by atomic mass is 32.2. The maximum Gasteiger partial charge on any atom is 0.271 e. The molecule has 0 aromatic heterocycles. The molecule has 3 rings (SSSR count). The summed E-state index contributed by atoms with van der Waals surface area (Å²) in [5, 5.41) is 14.9. The smallest absolute Gasteiger partial charge is 0.271 e. The van der Waals surface area contributed by atoms with E-state index in [4.69, 9.17) is 4.74 Å². The lowest BCUT2D eigenvalue weighted by Crippen LogP contribution is -2.39. The lowest BCUT2D eigenvalue weighted by atomic mass is 10.2. The Morgan fingerprint density at radius 2 is 1.79 bits per heavy atom. The number of hydrogen-bond acceptors (Lipinski definition) is 7. The molecule has 1 amide bonds. The average Bonchev–Trinajstić information content (AvgIpc) is 2.82. The second kappa shape index (κ2) is 11.1. The number of nitrogens with zero attached hydrogens (tertiary/aromatic N) is 3. The van der Waals surface area contributed by atoms with Crippen molar-refractivity contribution in [3.8, 4) is 5.75 Å². The van der Waals surface area contributed by atoms with Crippen molar-refractivity contribution in [3.63, 3.8) is 0 Å². The summed E-state index contributed by atoms with van der Waals surface area (Å²) in [4.78, 5) is 22.7. The summed E-state index contributed by atoms with van der Waals surface area (Å²) < 4.78 is 31.0. The predicted molar refractivity (Wildman–Crippen MR) is 128 cm³/mol. The van der Waals surface area contributed by atoms with Crippen LogP contribution in [-0.4, -0.2) is 38.3 Å². The quantitative estimate of drug-likeness (QED) is 0.268. The second-order valence-corrected chi connectivity index (χ2v) is 9.06. The second-order valence-electron chi connectivity index (χ2n) is 7.15. The third-order valence-electron chi connectivity index (χ3n) is 4.57. The van der Waals surface area contributed by atoms with Crippen LogP contribution in [0.4, 0.5) is 11.4 Å². The standard InChI is InChI=1S/C23H22N4O6S/c1-34(31,32)26(20-11-7-12-21(14-20)27(29)30)16-23(28)25-24-15-19-10-5-6-13-22(19)33-17-18-8-3-2-4-9-18/h2-15H,16-17H2,1H3,(H,25,28)/b24-15-. The first-order valence-electron chi connectivity index (χ1n) is 10.0. The van der Waals surface area contributed by atoms with Crippen LogP contribution in [0.1, 0.15) is 11.1 Å². The summed E-state index contributed by atoms with van der Waals surface area (Å²) in [6, 6.07) is 21.7. The lowest BCUT2D eigenvalue weighted by molar-refractivity contribution is -0.384. The first kappa shape index (κ1) is 24.4. The Morgan fingerprint density at radius 3 is 2.50 bits per heavy atom. The molecule has 0 aliphatic carbocycles. The minimum Gasteiger partial charge on any atom is -0.488 e. The summed E-state index contributed by atoms with van der Waals surface area (Å²) in [7, 11) is -3.90. The molecule has 0 aliphatic heterocycles. The number of benzene rings is 3. The van der Waals surface area contributed by atoms with Gasteiger partial charge in [-0.15, -0.1) is 0 Å². The number of hydrazone groups is 1. The molecule has 34 heavy (non-hydrogen) atoms. The van der Waals surface area contributed by atoms with Gasteiger partial charge in [-0.25, -0.2) is 13.8 Å². The van der Waals surface area contributed by atoms with Crippen LogP contribution >= 0.6 is 0 Å². The van der Waals surface area contributed by atoms with Gasteiger partial charge in [-0.05, 0) is 23.8 Å². The number of nitro groups is 1. The molecule has 0 saturated carbocycles. The molecule has 0 fully saturated rings. The van der Waals surface area contributed by atoms with Crippen molar-refractivity contribution < 1.29 is 22.9 Å². The SMILES string of the molecule is CS(=O)(=O)N(CC(=O)N/N=C\c1ccccc1OCc1ccccc1)c1cccc([N+](=O)[O-])c1. The minimum absolute atomic E-state index is 0.00418. The van der Waals surface area contributed by atoms with Gasteiger partial charge in [0.05, 0.1) is 23.1 Å². The van der Waals surface area contributed by atoms with Crippen LogP contribution in [0.25, 0.3) is 0 Å². The fraction of sp³-hybridized carbons (Fsp3) is 0.130. The van der Waals surface area contributed by atoms with Crippen molar-refractivity contribution in [1.82, 2.24) is 5.43 Å². The third-order valence-corrected chi connectivity index (χ3v) is 5.71. The van der Waals surface area contributed by atoms with E-state index < -0.39 is 27.4 Å². The molecule has 0 spiro atoms. The summed E-state index contributed by atoms with van der Waals surface area (Å²) in [6.07, 6.45) is 2.29. The summed E-state index contributed by atoms with van der Waals surface area (Å²) in [6.45, 7) is -0.256. The Morgan fingerprint density at radius 1 is 1.09 bits per heavy atom. The summed E-state index contributed by atoms with van der Waals surface area (Å²) in [5.41, 5.74) is 3.58. The Balaban J connectivity index is 1.67. The van der Waals surface area contributed by atoms with E-state index >= 15 is 0 Å². The van der Waals surface area contributed by atoms with Gasteiger partial charge in [0.25, 0.3) is 11.6 Å². The fourth-order valence-electron chi connectivity index (χ4n) is 2.96. The van der Waals surface area contributed by atoms with Crippen molar-refractivity contribution in [3.05, 3.63) is 100 Å². The zero-order valence-corrected chi connectivity index (χ0v) is 19.0. The normalized spacial score (nSPS) is 11.2. The molecule has 0 saturated heterocycles. The number of hydrogen-bond donors (Lipinski definition) is 1. The molecule has 0 unspecified atom stereocenters. The number of non-ortho nitro benzene ring substituents is 1. The van der Waals surface area contributed by atoms with Crippen LogP contribution in [0.5, 0.6) is 5.75 Å². The first-order chi connectivity index (χ1) is 16.2. The molecule has 0 atom stereocenters. The van der Waals surface area contributed by atoms with Crippen LogP contribution in [0, 0.1) is 10.1 Å². The first-order valence-corrected chi connectivity index (χ1v) is 11.9. The summed E-state index contributed by atoms with van der Waals surface area (Å²) >= 11 is 0. The molecule has 176 valence electrons. The molecular formula is C23H22N4O6S. The van der Waals surface area contributed by atoms with E-state index in [1.54, 1.807) is 24.3 Å². The summed E-state index contributed by atoms with van der Waals surface area (Å²) in [5.74, 6) is -0.172. The Hall–Kier alpha value is -4.25. The molecular weight excluding hydrogens is 460 g/mol. The predicted octanol–water partition coefficient (Wildman–Crippen LogP) is 3.09. The van der Waals surface area contributed by atoms with Gasteiger partial charge in [0.2, 0.25) is 10.0 Å². The van der Waals surface area contributed by atoms with E-state index in [0.29, 0.717) is 17.9 Å². The number of nitro benzene ring substituents is 1. The van der Waals surface area contributed by atoms with Crippen molar-refractivity contribution in [2.45, 2.75) is 6.61 Å². The molecule has 0 radical (unpaired) electrons. The molecule has 1 N–H and O–H groups in total. The molecule has 0 aliphatic rings. The van der Waals surface area contributed by atoms with E-state index in [1.165, 1.54) is 24.4 Å².